The van der Waals surface area contributed by atoms with Gasteiger partial charge in [-0.05, 0) is 31.4 Å². The van der Waals surface area contributed by atoms with Gasteiger partial charge in [0, 0.05) is 19.3 Å². The van der Waals surface area contributed by atoms with E-state index in [1.54, 1.807) is 12.1 Å². The highest BCUT2D eigenvalue weighted by Gasteiger charge is 2.33. The van der Waals surface area contributed by atoms with Crippen LogP contribution in [0.25, 0.3) is 0 Å². The van der Waals surface area contributed by atoms with Crippen LogP contribution in [0.4, 0.5) is 0 Å². The van der Waals surface area contributed by atoms with Crippen molar-refractivity contribution < 1.29 is 19.7 Å². The van der Waals surface area contributed by atoms with E-state index in [9.17, 15) is 15.0 Å². The molecule has 0 unspecified atom stereocenters. The fraction of sp³-hybridized carbons (Fsp3) is 0.781. The van der Waals surface area contributed by atoms with Gasteiger partial charge in [0.25, 0.3) is 0 Å². The highest BCUT2D eigenvalue weighted by Crippen LogP contribution is 2.30. The lowest BCUT2D eigenvalue weighted by atomic mass is 9.82. The van der Waals surface area contributed by atoms with Crippen molar-refractivity contribution in [3.8, 4) is 5.75 Å². The number of nitrogens with two attached hydrogens (primary N) is 1. The van der Waals surface area contributed by atoms with Gasteiger partial charge in [-0.15, -0.1) is 0 Å². The molecule has 0 amide bonds. The summed E-state index contributed by atoms with van der Waals surface area (Å²) in [5, 5.41) is 22.2. The number of hydrogen-bond acceptors (Lipinski definition) is 3. The zero-order chi connectivity index (χ0) is 27.2. The van der Waals surface area contributed by atoms with Crippen molar-refractivity contribution in [3.05, 3.63) is 23.8 Å². The van der Waals surface area contributed by atoms with E-state index in [1.165, 1.54) is 153 Å². The molecule has 0 radical (unpaired) electrons. The van der Waals surface area contributed by atoms with Gasteiger partial charge in [-0.1, -0.05) is 129 Å². The number of carbonyl (C=O) groups is 1. The van der Waals surface area contributed by atoms with Gasteiger partial charge >= 0.3 is 5.97 Å². The number of quaternary nitrogens is 1. The van der Waals surface area contributed by atoms with Crippen molar-refractivity contribution in [1.29, 1.82) is 0 Å². The molecule has 0 bridgehead atoms. The second kappa shape index (κ2) is 21.7. The maximum atomic E-state index is 12.8. The van der Waals surface area contributed by atoms with Crippen molar-refractivity contribution in [2.24, 2.45) is 0 Å². The molecule has 0 aliphatic rings. The number of benzene rings is 1. The first-order valence-electron chi connectivity index (χ1n) is 15.5. The average Bonchev–Trinajstić information content (AvgIpc) is 2.89. The van der Waals surface area contributed by atoms with Crippen LogP contribution in [0.5, 0.6) is 5.75 Å². The third-order valence-electron chi connectivity index (χ3n) is 7.73. The Hall–Kier alpha value is -1.20. The highest BCUT2D eigenvalue weighted by atomic mass is 32.2. The number of aromatic carboxylic acids is 1. The Kier molecular flexibility index (Phi) is 19.8. The van der Waals surface area contributed by atoms with Crippen LogP contribution in [0.15, 0.2) is 23.1 Å². The summed E-state index contributed by atoms with van der Waals surface area (Å²) in [5.74, 6) is -1.48. The molecule has 5 heteroatoms. The molecule has 1 aromatic rings. The van der Waals surface area contributed by atoms with Crippen molar-refractivity contribution in [2.45, 2.75) is 166 Å². The Bertz CT molecular complexity index is 668. The van der Waals surface area contributed by atoms with E-state index in [0.29, 0.717) is 4.90 Å². The van der Waals surface area contributed by atoms with Crippen LogP contribution in [0.3, 0.4) is 0 Å². The van der Waals surface area contributed by atoms with E-state index in [4.69, 9.17) is 0 Å². The van der Waals surface area contributed by atoms with Gasteiger partial charge in [0.05, 0.1) is 10.5 Å². The molecule has 0 saturated carbocycles. The number of unbranched alkanes of at least 4 members (excludes halogenated alkanes) is 15. The molecule has 1 aromatic carbocycles. The largest absolute Gasteiger partial charge is 0.871 e. The summed E-state index contributed by atoms with van der Waals surface area (Å²) in [5.41, 5.74) is 0.00290. The van der Waals surface area contributed by atoms with Gasteiger partial charge in [-0.2, -0.15) is 0 Å². The van der Waals surface area contributed by atoms with Crippen LogP contribution < -0.4 is 9.83 Å². The summed E-state index contributed by atoms with van der Waals surface area (Å²) >= 11 is 1.50. The molecule has 0 atom stereocenters. The molecule has 37 heavy (non-hydrogen) atoms. The lowest BCUT2D eigenvalue weighted by Crippen LogP contribution is -2.90. The molecule has 0 saturated heterocycles. The van der Waals surface area contributed by atoms with Gasteiger partial charge in [-0.25, -0.2) is 4.79 Å². The minimum absolute atomic E-state index is 0.119. The summed E-state index contributed by atoms with van der Waals surface area (Å²) < 4.78 is 2.36. The first-order chi connectivity index (χ1) is 18.0. The first-order valence-corrected chi connectivity index (χ1v) is 16.4. The Labute approximate surface area is 232 Å². The Morgan fingerprint density at radius 1 is 0.730 bits per heavy atom. The predicted molar refractivity (Wildman–Crippen MR) is 157 cm³/mol. The van der Waals surface area contributed by atoms with E-state index in [2.05, 4.69) is 25.5 Å². The maximum absolute atomic E-state index is 12.8. The van der Waals surface area contributed by atoms with Crippen LogP contribution in [0, 0.1) is 0 Å². The Morgan fingerprint density at radius 3 is 1.54 bits per heavy atom. The Balaban J connectivity index is 2.92. The van der Waals surface area contributed by atoms with Crippen LogP contribution in [-0.2, 0) is 0 Å². The molecule has 0 heterocycles. The molecular formula is C32H57NO3S. The smallest absolute Gasteiger partial charge is 0.335 e. The number of carboxylic acid groups (broad SMARTS) is 1. The Morgan fingerprint density at radius 2 is 1.14 bits per heavy atom. The van der Waals surface area contributed by atoms with E-state index in [1.807, 2.05) is 0 Å². The van der Waals surface area contributed by atoms with Crippen LogP contribution >= 0.6 is 11.9 Å². The maximum Gasteiger partial charge on any atom is 0.335 e. The molecule has 1 rings (SSSR count). The summed E-state index contributed by atoms with van der Waals surface area (Å²) in [7, 11) is 0. The van der Waals surface area contributed by atoms with Crippen molar-refractivity contribution in [2.75, 3.05) is 0 Å². The van der Waals surface area contributed by atoms with Gasteiger partial charge in [0.15, 0.2) is 0 Å². The normalized spacial score (nSPS) is 11.8. The minimum atomic E-state index is -1.13. The van der Waals surface area contributed by atoms with Crippen LogP contribution in [0.1, 0.15) is 166 Å². The van der Waals surface area contributed by atoms with E-state index >= 15 is 0 Å². The molecular weight excluding hydrogens is 478 g/mol. The molecule has 0 fully saturated rings. The third kappa shape index (κ3) is 15.1. The summed E-state index contributed by atoms with van der Waals surface area (Å²) in [4.78, 5) is 12.1. The van der Waals surface area contributed by atoms with E-state index in [0.717, 1.165) is 0 Å². The molecule has 3 N–H and O–H groups in total. The molecule has 214 valence electrons. The fourth-order valence-electron chi connectivity index (χ4n) is 5.29. The summed E-state index contributed by atoms with van der Waals surface area (Å²) in [6.07, 6.45) is 26.9. The standard InChI is InChI=1S/C32H57NO3S/c1-4-7-10-13-16-19-25-32(26-20-17-14-11-8-5-2,27-21-18-15-12-9-6-3)33-37-29-24-22-23-28(30(29)34)31(35)36/h22-24,33-34H,4-21,25-27H2,1-3H3,(H,35,36). The highest BCUT2D eigenvalue weighted by molar-refractivity contribution is 7.92. The monoisotopic (exact) mass is 535 g/mol. The summed E-state index contributed by atoms with van der Waals surface area (Å²) in [6, 6.07) is 4.92. The topological polar surface area (TPSA) is 77.0 Å². The zero-order valence-electron chi connectivity index (χ0n) is 24.3. The van der Waals surface area contributed by atoms with Gasteiger partial charge in [0.2, 0.25) is 0 Å². The molecule has 4 nitrogen and oxygen atoms in total. The molecule has 0 spiro atoms. The van der Waals surface area contributed by atoms with Gasteiger partial charge in [0.1, 0.15) is 17.5 Å². The second-order valence-electron chi connectivity index (χ2n) is 11.1. The van der Waals surface area contributed by atoms with Gasteiger partial charge in [-0.3, -0.25) is 4.72 Å². The number of hydrogen-bond donors (Lipinski definition) is 2. The summed E-state index contributed by atoms with van der Waals surface area (Å²) in [6.45, 7) is 6.80. The van der Waals surface area contributed by atoms with Crippen molar-refractivity contribution >= 4 is 17.9 Å². The van der Waals surface area contributed by atoms with Crippen LogP contribution in [-0.4, -0.2) is 16.6 Å². The lowest BCUT2D eigenvalue weighted by Gasteiger charge is -2.32. The third-order valence-corrected chi connectivity index (χ3v) is 8.92. The molecule has 0 aliphatic carbocycles. The van der Waals surface area contributed by atoms with Crippen LogP contribution in [0.2, 0.25) is 0 Å². The molecule has 0 aromatic heterocycles. The van der Waals surface area contributed by atoms with Gasteiger partial charge < -0.3 is 10.2 Å². The number of para-hydroxylation sites is 1. The van der Waals surface area contributed by atoms with E-state index in [-0.39, 0.29) is 16.9 Å². The van der Waals surface area contributed by atoms with Crippen molar-refractivity contribution in [1.82, 2.24) is 0 Å². The minimum Gasteiger partial charge on any atom is -0.871 e. The quantitative estimate of drug-likeness (QED) is 0.0967. The second-order valence-corrected chi connectivity index (χ2v) is 12.0. The van der Waals surface area contributed by atoms with Crippen molar-refractivity contribution in [3.63, 3.8) is 0 Å². The number of rotatable bonds is 25. The molecule has 0 aliphatic heterocycles. The average molecular weight is 536 g/mol. The SMILES string of the molecule is CCCCCCCCC(CCCCCCCC)(CCCCCCCC)[NH2+]Sc1cccc(C(=O)O)c1[O-]. The predicted octanol–water partition coefficient (Wildman–Crippen LogP) is 9.02. The first kappa shape index (κ1) is 33.8. The zero-order valence-corrected chi connectivity index (χ0v) is 25.1. The number of carboxylic acids is 1. The van der Waals surface area contributed by atoms with E-state index < -0.39 is 5.97 Å². The lowest BCUT2D eigenvalue weighted by molar-refractivity contribution is -0.580. The fourth-order valence-corrected chi connectivity index (χ4v) is 6.39.